The molecule has 3 aromatic rings. The molecule has 25 heavy (non-hydrogen) atoms. The van der Waals surface area contributed by atoms with Gasteiger partial charge in [0.05, 0.1) is 16.4 Å². The lowest BCUT2D eigenvalue weighted by molar-refractivity contribution is 0.780. The van der Waals surface area contributed by atoms with Gasteiger partial charge in [0.25, 0.3) is 0 Å². The van der Waals surface area contributed by atoms with E-state index in [1.165, 1.54) is 16.7 Å². The lowest BCUT2D eigenvalue weighted by Gasteiger charge is -2.10. The summed E-state index contributed by atoms with van der Waals surface area (Å²) < 4.78 is 1.93. The highest BCUT2D eigenvalue weighted by Crippen LogP contribution is 2.37. The number of nitrogens with zero attached hydrogens (tertiary/aromatic N) is 2. The summed E-state index contributed by atoms with van der Waals surface area (Å²) in [5.41, 5.74) is 5.54. The van der Waals surface area contributed by atoms with Crippen molar-refractivity contribution in [2.24, 2.45) is 0 Å². The second-order valence-corrected chi connectivity index (χ2v) is 7.23. The molecule has 4 rings (SSSR count). The number of rotatable bonds is 2. The first-order valence-electron chi connectivity index (χ1n) is 8.52. The van der Waals surface area contributed by atoms with E-state index < -0.39 is 0 Å². The number of hydrogen-bond acceptors (Lipinski definition) is 2. The molecule has 0 radical (unpaired) electrons. The Labute approximate surface area is 157 Å². The largest absolute Gasteiger partial charge is 0.370 e. The van der Waals surface area contributed by atoms with Crippen molar-refractivity contribution in [2.75, 3.05) is 11.9 Å². The predicted octanol–water partition coefficient (Wildman–Crippen LogP) is 5.90. The Morgan fingerprint density at radius 2 is 1.92 bits per heavy atom. The number of hydrogen-bond donors (Lipinski definition) is 1. The van der Waals surface area contributed by atoms with Crippen LogP contribution in [0.25, 0.3) is 16.9 Å². The summed E-state index contributed by atoms with van der Waals surface area (Å²) in [6.07, 6.45) is 3.31. The highest BCUT2D eigenvalue weighted by atomic mass is 35.5. The van der Waals surface area contributed by atoms with Gasteiger partial charge in [-0.3, -0.25) is 0 Å². The van der Waals surface area contributed by atoms with Crippen LogP contribution in [-0.4, -0.2) is 16.3 Å². The number of anilines is 1. The average Bonchev–Trinajstić information content (AvgIpc) is 2.78. The van der Waals surface area contributed by atoms with E-state index >= 15 is 0 Å². The normalized spacial score (nSPS) is 13.9. The molecule has 0 amide bonds. The van der Waals surface area contributed by atoms with E-state index in [-0.39, 0.29) is 0 Å². The highest BCUT2D eigenvalue weighted by molar-refractivity contribution is 6.35. The van der Waals surface area contributed by atoms with Crippen LogP contribution >= 0.6 is 23.2 Å². The van der Waals surface area contributed by atoms with Crippen LogP contribution in [0.4, 0.5) is 5.82 Å². The average molecular weight is 372 g/mol. The minimum absolute atomic E-state index is 0.597. The molecule has 0 aliphatic carbocycles. The van der Waals surface area contributed by atoms with Crippen molar-refractivity contribution in [3.63, 3.8) is 0 Å². The molecule has 1 aliphatic rings. The number of fused-ring (bicyclic) bond motifs is 1. The summed E-state index contributed by atoms with van der Waals surface area (Å²) in [5, 5.41) is 9.73. The molecule has 2 heterocycles. The zero-order chi connectivity index (χ0) is 17.4. The van der Waals surface area contributed by atoms with E-state index in [0.717, 1.165) is 43.0 Å². The van der Waals surface area contributed by atoms with Gasteiger partial charge in [-0.25, -0.2) is 4.68 Å². The summed E-state index contributed by atoms with van der Waals surface area (Å²) in [6.45, 7) is 3.07. The zero-order valence-corrected chi connectivity index (χ0v) is 15.5. The molecule has 0 spiro atoms. The minimum atomic E-state index is 0.597. The molecule has 128 valence electrons. The second-order valence-electron chi connectivity index (χ2n) is 6.38. The molecule has 1 aliphatic heterocycles. The summed E-state index contributed by atoms with van der Waals surface area (Å²) in [7, 11) is 0. The van der Waals surface area contributed by atoms with E-state index in [4.69, 9.17) is 28.3 Å². The third kappa shape index (κ3) is 3.03. The van der Waals surface area contributed by atoms with Gasteiger partial charge < -0.3 is 5.32 Å². The van der Waals surface area contributed by atoms with Gasteiger partial charge in [-0.05, 0) is 49.9 Å². The number of nitrogens with one attached hydrogen (secondary N) is 1. The first-order valence-corrected chi connectivity index (χ1v) is 9.28. The molecule has 0 unspecified atom stereocenters. The molecule has 1 aromatic heterocycles. The number of aromatic nitrogens is 2. The Kier molecular flexibility index (Phi) is 4.45. The van der Waals surface area contributed by atoms with Gasteiger partial charge in [-0.2, -0.15) is 5.10 Å². The number of halogens is 2. The lowest BCUT2D eigenvalue weighted by Crippen LogP contribution is -2.07. The van der Waals surface area contributed by atoms with E-state index in [2.05, 4.69) is 36.5 Å². The van der Waals surface area contributed by atoms with Crippen molar-refractivity contribution >= 4 is 29.0 Å². The first kappa shape index (κ1) is 16.5. The van der Waals surface area contributed by atoms with Crippen LogP contribution in [0.2, 0.25) is 10.0 Å². The number of benzene rings is 2. The fourth-order valence-corrected chi connectivity index (χ4v) is 3.87. The van der Waals surface area contributed by atoms with Gasteiger partial charge in [0.1, 0.15) is 5.82 Å². The Hall–Kier alpha value is -1.97. The molecule has 0 saturated carbocycles. The molecule has 0 bridgehead atoms. The van der Waals surface area contributed by atoms with Crippen molar-refractivity contribution in [1.82, 2.24) is 9.78 Å². The summed E-state index contributed by atoms with van der Waals surface area (Å²) >= 11 is 12.5. The van der Waals surface area contributed by atoms with Crippen molar-refractivity contribution in [3.8, 4) is 16.9 Å². The Bertz CT molecular complexity index is 931. The summed E-state index contributed by atoms with van der Waals surface area (Å²) in [5.74, 6) is 1.04. The SMILES string of the molecule is Cc1ccccc1-c1nn(-c2ccc(Cl)cc2Cl)c2c1CCCCN2. The summed E-state index contributed by atoms with van der Waals surface area (Å²) in [6, 6.07) is 13.9. The van der Waals surface area contributed by atoms with E-state index in [1.807, 2.05) is 16.8 Å². The summed E-state index contributed by atoms with van der Waals surface area (Å²) in [4.78, 5) is 0. The van der Waals surface area contributed by atoms with Crippen LogP contribution in [0.5, 0.6) is 0 Å². The van der Waals surface area contributed by atoms with E-state index in [1.54, 1.807) is 6.07 Å². The molecule has 0 saturated heterocycles. The van der Waals surface area contributed by atoms with Crippen LogP contribution in [0, 0.1) is 6.92 Å². The van der Waals surface area contributed by atoms with Crippen LogP contribution in [0.3, 0.4) is 0 Å². The first-order chi connectivity index (χ1) is 12.1. The standard InChI is InChI=1S/C20H19Cl2N3/c1-13-6-2-3-7-15(13)19-16-8-4-5-11-23-20(16)25(24-19)18-10-9-14(21)12-17(18)22/h2-3,6-7,9-10,12,23H,4-5,8,11H2,1H3. The maximum atomic E-state index is 6.46. The molecule has 1 N–H and O–H groups in total. The lowest BCUT2D eigenvalue weighted by atomic mass is 10.00. The Balaban J connectivity index is 1.95. The molecule has 0 fully saturated rings. The fourth-order valence-electron chi connectivity index (χ4n) is 3.38. The maximum Gasteiger partial charge on any atom is 0.133 e. The van der Waals surface area contributed by atoms with Crippen LogP contribution in [-0.2, 0) is 6.42 Å². The molecule has 3 nitrogen and oxygen atoms in total. The highest BCUT2D eigenvalue weighted by Gasteiger charge is 2.23. The van der Waals surface area contributed by atoms with Crippen molar-refractivity contribution in [1.29, 1.82) is 0 Å². The predicted molar refractivity (Wildman–Crippen MR) is 105 cm³/mol. The maximum absolute atomic E-state index is 6.46. The van der Waals surface area contributed by atoms with E-state index in [0.29, 0.717) is 10.0 Å². The van der Waals surface area contributed by atoms with Gasteiger partial charge in [-0.1, -0.05) is 47.5 Å². The molecule has 5 heteroatoms. The second kappa shape index (κ2) is 6.74. The van der Waals surface area contributed by atoms with Gasteiger partial charge in [0.2, 0.25) is 0 Å². The van der Waals surface area contributed by atoms with Gasteiger partial charge in [-0.15, -0.1) is 0 Å². The van der Waals surface area contributed by atoms with Crippen LogP contribution in [0.15, 0.2) is 42.5 Å². The Morgan fingerprint density at radius 1 is 1.08 bits per heavy atom. The smallest absolute Gasteiger partial charge is 0.133 e. The van der Waals surface area contributed by atoms with E-state index in [9.17, 15) is 0 Å². The van der Waals surface area contributed by atoms with Crippen molar-refractivity contribution < 1.29 is 0 Å². The minimum Gasteiger partial charge on any atom is -0.370 e. The molecular weight excluding hydrogens is 353 g/mol. The number of aryl methyl sites for hydroxylation is 1. The van der Waals surface area contributed by atoms with Crippen molar-refractivity contribution in [3.05, 3.63) is 63.6 Å². The molecule has 2 aromatic carbocycles. The monoisotopic (exact) mass is 371 g/mol. The zero-order valence-electron chi connectivity index (χ0n) is 14.0. The van der Waals surface area contributed by atoms with Gasteiger partial charge in [0, 0.05) is 22.7 Å². The quantitative estimate of drug-likeness (QED) is 0.607. The van der Waals surface area contributed by atoms with Gasteiger partial charge >= 0.3 is 0 Å². The van der Waals surface area contributed by atoms with Gasteiger partial charge in [0.15, 0.2) is 0 Å². The van der Waals surface area contributed by atoms with Crippen molar-refractivity contribution in [2.45, 2.75) is 26.2 Å². The van der Waals surface area contributed by atoms with Crippen LogP contribution < -0.4 is 5.32 Å². The topological polar surface area (TPSA) is 29.9 Å². The molecular formula is C20H19Cl2N3. The third-order valence-corrected chi connectivity index (χ3v) is 5.21. The third-order valence-electron chi connectivity index (χ3n) is 4.67. The van der Waals surface area contributed by atoms with Crippen LogP contribution in [0.1, 0.15) is 24.0 Å². The Morgan fingerprint density at radius 3 is 2.72 bits per heavy atom. The molecule has 0 atom stereocenters. The fraction of sp³-hybridized carbons (Fsp3) is 0.250.